The van der Waals surface area contributed by atoms with Crippen molar-refractivity contribution in [1.82, 2.24) is 14.4 Å². The molecule has 2 aliphatic rings. The third-order valence-electron chi connectivity index (χ3n) is 5.18. The molecular weight excluding hydrogens is 370 g/mol. The number of sulfonamides is 1. The Morgan fingerprint density at radius 1 is 1.04 bits per heavy atom. The van der Waals surface area contributed by atoms with E-state index in [1.807, 2.05) is 0 Å². The van der Waals surface area contributed by atoms with Gasteiger partial charge in [-0.25, -0.2) is 8.42 Å². The number of nitrogens with zero attached hydrogens (tertiary/aromatic N) is 3. The molecule has 142 valence electrons. The fourth-order valence-electron chi connectivity index (χ4n) is 3.85. The number of benzene rings is 1. The summed E-state index contributed by atoms with van der Waals surface area (Å²) in [5.41, 5.74) is 1.15. The lowest BCUT2D eigenvalue weighted by Crippen LogP contribution is -2.48. The van der Waals surface area contributed by atoms with Crippen LogP contribution in [0.25, 0.3) is 0 Å². The first kappa shape index (κ1) is 17.9. The first-order valence-electron chi connectivity index (χ1n) is 8.72. The first-order chi connectivity index (χ1) is 12.8. The van der Waals surface area contributed by atoms with Gasteiger partial charge in [0.25, 0.3) is 11.8 Å². The molecule has 0 unspecified atom stereocenters. The van der Waals surface area contributed by atoms with Gasteiger partial charge >= 0.3 is 0 Å². The fraction of sp³-hybridized carbons (Fsp3) is 0.389. The summed E-state index contributed by atoms with van der Waals surface area (Å²) in [7, 11) is -3.72. The minimum atomic E-state index is -3.72. The van der Waals surface area contributed by atoms with Crippen LogP contribution in [0.15, 0.2) is 33.7 Å². The van der Waals surface area contributed by atoms with Gasteiger partial charge in [0.05, 0.1) is 11.1 Å². The van der Waals surface area contributed by atoms with Crippen molar-refractivity contribution in [2.45, 2.75) is 37.6 Å². The Balaban J connectivity index is 1.52. The molecule has 4 rings (SSSR count). The van der Waals surface area contributed by atoms with Crippen LogP contribution >= 0.6 is 0 Å². The highest BCUT2D eigenvalue weighted by molar-refractivity contribution is 7.89. The number of hydrogen-bond donors (Lipinski definition) is 0. The van der Waals surface area contributed by atoms with Gasteiger partial charge in [0.1, 0.15) is 10.6 Å². The quantitative estimate of drug-likeness (QED) is 0.741. The summed E-state index contributed by atoms with van der Waals surface area (Å²) >= 11 is 0. The van der Waals surface area contributed by atoms with Gasteiger partial charge in [-0.15, -0.1) is 0 Å². The SMILES string of the molecule is Cc1noc(C)c1S(=O)(=O)N1CCC(N2C(=O)c3ccccc3C2=O)CC1. The molecule has 2 aromatic rings. The summed E-state index contributed by atoms with van der Waals surface area (Å²) in [4.78, 5) is 26.6. The van der Waals surface area contributed by atoms with Crippen LogP contribution in [0.5, 0.6) is 0 Å². The smallest absolute Gasteiger partial charge is 0.261 e. The molecule has 8 nitrogen and oxygen atoms in total. The van der Waals surface area contributed by atoms with E-state index in [0.717, 1.165) is 0 Å². The molecule has 0 atom stereocenters. The van der Waals surface area contributed by atoms with Gasteiger partial charge in [-0.1, -0.05) is 17.3 Å². The van der Waals surface area contributed by atoms with Crippen molar-refractivity contribution in [3.8, 4) is 0 Å². The maximum atomic E-state index is 12.9. The van der Waals surface area contributed by atoms with Crippen molar-refractivity contribution in [2.24, 2.45) is 0 Å². The Morgan fingerprint density at radius 3 is 2.07 bits per heavy atom. The number of aryl methyl sites for hydroxylation is 2. The van der Waals surface area contributed by atoms with Crippen LogP contribution in [-0.4, -0.2) is 53.7 Å². The Morgan fingerprint density at radius 2 is 1.59 bits per heavy atom. The van der Waals surface area contributed by atoms with E-state index in [0.29, 0.717) is 29.7 Å². The van der Waals surface area contributed by atoms with E-state index < -0.39 is 10.0 Å². The van der Waals surface area contributed by atoms with Crippen LogP contribution in [0.2, 0.25) is 0 Å². The molecule has 1 saturated heterocycles. The molecule has 1 aromatic heterocycles. The number of carbonyl (C=O) groups is 2. The van der Waals surface area contributed by atoms with Gasteiger partial charge < -0.3 is 4.52 Å². The molecule has 3 heterocycles. The highest BCUT2D eigenvalue weighted by Gasteiger charge is 2.42. The minimum absolute atomic E-state index is 0.0988. The van der Waals surface area contributed by atoms with E-state index in [1.54, 1.807) is 38.1 Å². The molecule has 0 aliphatic carbocycles. The Bertz CT molecular complexity index is 981. The van der Waals surface area contributed by atoms with Gasteiger partial charge in [-0.05, 0) is 38.8 Å². The summed E-state index contributed by atoms with van der Waals surface area (Å²) in [6, 6.07) is 6.44. The molecule has 9 heteroatoms. The normalized spacial score (nSPS) is 19.0. The van der Waals surface area contributed by atoms with Gasteiger partial charge in [0.15, 0.2) is 5.76 Å². The molecule has 0 saturated carbocycles. The zero-order chi connectivity index (χ0) is 19.3. The predicted octanol–water partition coefficient (Wildman–Crippen LogP) is 1.74. The Labute approximate surface area is 156 Å². The van der Waals surface area contributed by atoms with Crippen molar-refractivity contribution in [1.29, 1.82) is 0 Å². The van der Waals surface area contributed by atoms with Crippen LogP contribution in [0.1, 0.15) is 45.0 Å². The van der Waals surface area contributed by atoms with Gasteiger partial charge in [0.2, 0.25) is 10.0 Å². The van der Waals surface area contributed by atoms with Crippen molar-refractivity contribution >= 4 is 21.8 Å². The summed E-state index contributed by atoms with van der Waals surface area (Å²) < 4.78 is 32.2. The van der Waals surface area contributed by atoms with Crippen LogP contribution in [0.3, 0.4) is 0 Å². The largest absolute Gasteiger partial charge is 0.360 e. The van der Waals surface area contributed by atoms with Crippen molar-refractivity contribution in [2.75, 3.05) is 13.1 Å². The molecular formula is C18H19N3O5S. The summed E-state index contributed by atoms with van der Waals surface area (Å²) in [6.45, 7) is 3.61. The van der Waals surface area contributed by atoms with E-state index in [1.165, 1.54) is 9.21 Å². The summed E-state index contributed by atoms with van der Waals surface area (Å²) in [6.07, 6.45) is 0.794. The number of imide groups is 1. The van der Waals surface area contributed by atoms with E-state index >= 15 is 0 Å². The van der Waals surface area contributed by atoms with Crippen LogP contribution in [0.4, 0.5) is 0 Å². The highest BCUT2D eigenvalue weighted by Crippen LogP contribution is 2.31. The molecule has 2 amide bonds. The third kappa shape index (κ3) is 2.69. The van der Waals surface area contributed by atoms with E-state index in [4.69, 9.17) is 4.52 Å². The molecule has 1 fully saturated rings. The monoisotopic (exact) mass is 389 g/mol. The third-order valence-corrected chi connectivity index (χ3v) is 7.32. The second-order valence-corrected chi connectivity index (χ2v) is 8.69. The molecule has 0 spiro atoms. The van der Waals surface area contributed by atoms with Gasteiger partial charge in [0, 0.05) is 19.1 Å². The van der Waals surface area contributed by atoms with Crippen molar-refractivity contribution < 1.29 is 22.5 Å². The molecule has 0 radical (unpaired) electrons. The first-order valence-corrected chi connectivity index (χ1v) is 10.2. The number of rotatable bonds is 3. The van der Waals surface area contributed by atoms with E-state index in [2.05, 4.69) is 5.16 Å². The number of carbonyl (C=O) groups excluding carboxylic acids is 2. The fourth-order valence-corrected chi connectivity index (χ4v) is 5.61. The highest BCUT2D eigenvalue weighted by atomic mass is 32.2. The predicted molar refractivity (Wildman–Crippen MR) is 94.7 cm³/mol. The number of fused-ring (bicyclic) bond motifs is 1. The molecule has 27 heavy (non-hydrogen) atoms. The maximum Gasteiger partial charge on any atom is 0.261 e. The minimum Gasteiger partial charge on any atom is -0.360 e. The van der Waals surface area contributed by atoms with Crippen molar-refractivity contribution in [3.05, 3.63) is 46.8 Å². The standard InChI is InChI=1S/C18H19N3O5S/c1-11-16(12(2)26-19-11)27(24,25)20-9-7-13(8-10-20)21-17(22)14-5-3-4-6-15(14)18(21)23/h3-6,13H,7-10H2,1-2H3. The molecule has 0 bridgehead atoms. The average molecular weight is 389 g/mol. The zero-order valence-electron chi connectivity index (χ0n) is 15.0. The van der Waals surface area contributed by atoms with Gasteiger partial charge in [-0.2, -0.15) is 4.31 Å². The van der Waals surface area contributed by atoms with Crippen molar-refractivity contribution in [3.63, 3.8) is 0 Å². The number of aromatic nitrogens is 1. The van der Waals surface area contributed by atoms with E-state index in [9.17, 15) is 18.0 Å². The summed E-state index contributed by atoms with van der Waals surface area (Å²) in [5, 5.41) is 3.72. The maximum absolute atomic E-state index is 12.9. The Kier molecular flexibility index (Phi) is 4.15. The topological polar surface area (TPSA) is 101 Å². The zero-order valence-corrected chi connectivity index (χ0v) is 15.8. The number of piperidine rings is 1. The molecule has 1 aromatic carbocycles. The average Bonchev–Trinajstić information content (AvgIpc) is 3.13. The van der Waals surface area contributed by atoms with E-state index in [-0.39, 0.29) is 41.6 Å². The number of amides is 2. The van der Waals surface area contributed by atoms with Crippen LogP contribution in [-0.2, 0) is 10.0 Å². The second kappa shape index (κ2) is 6.28. The molecule has 2 aliphatic heterocycles. The lowest BCUT2D eigenvalue weighted by Gasteiger charge is -2.34. The second-order valence-electron chi connectivity index (χ2n) is 6.81. The lowest BCUT2D eigenvalue weighted by molar-refractivity contribution is 0.0536. The van der Waals surface area contributed by atoms with Gasteiger partial charge in [-0.3, -0.25) is 14.5 Å². The number of hydrogen-bond acceptors (Lipinski definition) is 6. The van der Waals surface area contributed by atoms with Crippen LogP contribution in [0, 0.1) is 13.8 Å². The summed E-state index contributed by atoms with van der Waals surface area (Å²) in [5.74, 6) is -0.347. The lowest BCUT2D eigenvalue weighted by atomic mass is 10.1. The van der Waals surface area contributed by atoms with Crippen LogP contribution < -0.4 is 0 Å². The Hall–Kier alpha value is -2.52. The molecule has 0 N–H and O–H groups in total.